The van der Waals surface area contributed by atoms with Crippen molar-refractivity contribution < 1.29 is 19.1 Å². The Kier molecular flexibility index (Phi) is 5.92. The molecule has 0 aliphatic rings. The molecule has 0 aliphatic heterocycles. The van der Waals surface area contributed by atoms with E-state index in [9.17, 15) is 14.9 Å². The van der Waals surface area contributed by atoms with Crippen LogP contribution in [-0.4, -0.2) is 25.5 Å². The fraction of sp³-hybridized carbons (Fsp3) is 0.438. The Morgan fingerprint density at radius 2 is 1.90 bits per heavy atom. The summed E-state index contributed by atoms with van der Waals surface area (Å²) >= 11 is 0. The summed E-state index contributed by atoms with van der Waals surface area (Å²) < 4.78 is 10.1. The van der Waals surface area contributed by atoms with Crippen LogP contribution in [0.3, 0.4) is 0 Å². The topological polar surface area (TPSA) is 76.4 Å². The van der Waals surface area contributed by atoms with Gasteiger partial charge in [-0.15, -0.1) is 0 Å². The SMILES string of the molecule is CCOC(=O)[C@@](C#N)(CCC(C)=O)c1ccc(OC)cc1. The van der Waals surface area contributed by atoms with E-state index in [1.54, 1.807) is 31.2 Å². The molecule has 5 heteroatoms. The Morgan fingerprint density at radius 3 is 2.33 bits per heavy atom. The third-order valence-electron chi connectivity index (χ3n) is 3.25. The fourth-order valence-electron chi connectivity index (χ4n) is 2.02. The van der Waals surface area contributed by atoms with Crippen molar-refractivity contribution in [2.75, 3.05) is 13.7 Å². The summed E-state index contributed by atoms with van der Waals surface area (Å²) in [4.78, 5) is 23.5. The van der Waals surface area contributed by atoms with Crippen molar-refractivity contribution in [3.05, 3.63) is 29.8 Å². The average molecular weight is 289 g/mol. The second kappa shape index (κ2) is 7.44. The van der Waals surface area contributed by atoms with E-state index in [1.165, 1.54) is 14.0 Å². The van der Waals surface area contributed by atoms with Crippen molar-refractivity contribution in [1.82, 2.24) is 0 Å². The standard InChI is InChI=1S/C16H19NO4/c1-4-21-15(19)16(11-17,10-9-12(2)18)13-5-7-14(20-3)8-6-13/h5-8H,4,9-10H2,1-3H3/t16-/m1/s1. The molecule has 0 saturated heterocycles. The summed E-state index contributed by atoms with van der Waals surface area (Å²) in [6, 6.07) is 8.70. The maximum Gasteiger partial charge on any atom is 0.331 e. The molecule has 21 heavy (non-hydrogen) atoms. The van der Waals surface area contributed by atoms with Crippen LogP contribution in [0.1, 0.15) is 32.3 Å². The van der Waals surface area contributed by atoms with Crippen molar-refractivity contribution in [1.29, 1.82) is 5.26 Å². The highest BCUT2D eigenvalue weighted by atomic mass is 16.5. The van der Waals surface area contributed by atoms with Crippen LogP contribution in [0, 0.1) is 11.3 Å². The number of Topliss-reactive ketones (excluding diaryl/α,β-unsaturated/α-hetero) is 1. The van der Waals surface area contributed by atoms with E-state index in [0.717, 1.165) is 0 Å². The molecule has 5 nitrogen and oxygen atoms in total. The van der Waals surface area contributed by atoms with E-state index in [-0.39, 0.29) is 25.2 Å². The number of hydrogen-bond acceptors (Lipinski definition) is 5. The number of methoxy groups -OCH3 is 1. The van der Waals surface area contributed by atoms with Gasteiger partial charge in [0, 0.05) is 6.42 Å². The predicted molar refractivity (Wildman–Crippen MR) is 76.8 cm³/mol. The molecular weight excluding hydrogens is 270 g/mol. The number of benzene rings is 1. The monoisotopic (exact) mass is 289 g/mol. The van der Waals surface area contributed by atoms with Gasteiger partial charge in [0.05, 0.1) is 19.8 Å². The fourth-order valence-corrected chi connectivity index (χ4v) is 2.02. The Hall–Kier alpha value is -2.35. The van der Waals surface area contributed by atoms with E-state index >= 15 is 0 Å². The number of nitrogens with zero attached hydrogens (tertiary/aromatic N) is 1. The van der Waals surface area contributed by atoms with E-state index in [0.29, 0.717) is 11.3 Å². The van der Waals surface area contributed by atoms with Gasteiger partial charge in [-0.05, 0) is 38.0 Å². The highest BCUT2D eigenvalue weighted by molar-refractivity contribution is 5.88. The molecule has 0 amide bonds. The highest BCUT2D eigenvalue weighted by Gasteiger charge is 2.42. The number of rotatable bonds is 7. The minimum absolute atomic E-state index is 0.0764. The summed E-state index contributed by atoms with van der Waals surface area (Å²) in [5.41, 5.74) is -0.959. The zero-order valence-electron chi connectivity index (χ0n) is 12.5. The van der Waals surface area contributed by atoms with Crippen LogP contribution in [0.15, 0.2) is 24.3 Å². The van der Waals surface area contributed by atoms with E-state index < -0.39 is 11.4 Å². The van der Waals surface area contributed by atoms with Crippen LogP contribution in [0.2, 0.25) is 0 Å². The highest BCUT2D eigenvalue weighted by Crippen LogP contribution is 2.32. The summed E-state index contributed by atoms with van der Waals surface area (Å²) in [7, 11) is 1.54. The molecule has 1 atom stereocenters. The van der Waals surface area contributed by atoms with Crippen LogP contribution < -0.4 is 4.74 Å². The van der Waals surface area contributed by atoms with Gasteiger partial charge in [0.2, 0.25) is 0 Å². The normalized spacial score (nSPS) is 12.9. The first-order valence-corrected chi connectivity index (χ1v) is 6.72. The molecule has 0 aliphatic carbocycles. The molecule has 0 aromatic heterocycles. The van der Waals surface area contributed by atoms with E-state index in [2.05, 4.69) is 0 Å². The summed E-state index contributed by atoms with van der Waals surface area (Å²) in [6.07, 6.45) is 0.238. The van der Waals surface area contributed by atoms with E-state index in [1.807, 2.05) is 6.07 Å². The number of ether oxygens (including phenoxy) is 2. The Balaban J connectivity index is 3.23. The van der Waals surface area contributed by atoms with Gasteiger partial charge in [0.1, 0.15) is 11.5 Å². The van der Waals surface area contributed by atoms with Crippen molar-refractivity contribution in [3.63, 3.8) is 0 Å². The van der Waals surface area contributed by atoms with Crippen LogP contribution in [0.5, 0.6) is 5.75 Å². The summed E-state index contributed by atoms with van der Waals surface area (Å²) in [5, 5.41) is 9.57. The lowest BCUT2D eigenvalue weighted by Gasteiger charge is -2.24. The van der Waals surface area contributed by atoms with Gasteiger partial charge in [-0.25, -0.2) is 4.79 Å². The Bertz CT molecular complexity index is 544. The first-order valence-electron chi connectivity index (χ1n) is 6.72. The smallest absolute Gasteiger partial charge is 0.331 e. The minimum Gasteiger partial charge on any atom is -0.497 e. The molecule has 0 bridgehead atoms. The molecule has 0 radical (unpaired) electrons. The van der Waals surface area contributed by atoms with Crippen molar-refractivity contribution in [2.24, 2.45) is 0 Å². The molecular formula is C16H19NO4. The average Bonchev–Trinajstić information content (AvgIpc) is 2.49. The molecule has 0 heterocycles. The lowest BCUT2D eigenvalue weighted by Crippen LogP contribution is -2.36. The van der Waals surface area contributed by atoms with Gasteiger partial charge in [0.15, 0.2) is 5.41 Å². The van der Waals surface area contributed by atoms with Crippen LogP contribution >= 0.6 is 0 Å². The minimum atomic E-state index is -1.46. The molecule has 0 saturated carbocycles. The number of ketones is 1. The number of hydrogen-bond donors (Lipinski definition) is 0. The first kappa shape index (κ1) is 16.7. The van der Waals surface area contributed by atoms with Crippen molar-refractivity contribution >= 4 is 11.8 Å². The second-order valence-electron chi connectivity index (χ2n) is 4.67. The largest absolute Gasteiger partial charge is 0.497 e. The maximum absolute atomic E-state index is 12.3. The van der Waals surface area contributed by atoms with Crippen molar-refractivity contribution in [3.8, 4) is 11.8 Å². The van der Waals surface area contributed by atoms with Crippen LogP contribution in [0.25, 0.3) is 0 Å². The molecule has 1 aromatic rings. The predicted octanol–water partition coefficient (Wildman–Crippen LogP) is 2.39. The van der Waals surface area contributed by atoms with Gasteiger partial charge in [-0.2, -0.15) is 5.26 Å². The number of carbonyl (C=O) groups is 2. The second-order valence-corrected chi connectivity index (χ2v) is 4.67. The molecule has 0 N–H and O–H groups in total. The van der Waals surface area contributed by atoms with Gasteiger partial charge in [-0.3, -0.25) is 0 Å². The zero-order chi connectivity index (χ0) is 15.9. The quantitative estimate of drug-likeness (QED) is 0.720. The molecule has 112 valence electrons. The molecule has 0 spiro atoms. The van der Waals surface area contributed by atoms with Crippen LogP contribution in [-0.2, 0) is 19.7 Å². The van der Waals surface area contributed by atoms with Crippen molar-refractivity contribution in [2.45, 2.75) is 32.1 Å². The molecule has 0 fully saturated rings. The lowest BCUT2D eigenvalue weighted by atomic mass is 9.77. The third-order valence-corrected chi connectivity index (χ3v) is 3.25. The van der Waals surface area contributed by atoms with Gasteiger partial charge >= 0.3 is 5.97 Å². The maximum atomic E-state index is 12.3. The lowest BCUT2D eigenvalue weighted by molar-refractivity contribution is -0.148. The Morgan fingerprint density at radius 1 is 1.29 bits per heavy atom. The van der Waals surface area contributed by atoms with Gasteiger partial charge < -0.3 is 14.3 Å². The van der Waals surface area contributed by atoms with E-state index in [4.69, 9.17) is 9.47 Å². The first-order chi connectivity index (χ1) is 10.00. The molecule has 0 unspecified atom stereocenters. The Labute approximate surface area is 124 Å². The van der Waals surface area contributed by atoms with Crippen LogP contribution in [0.4, 0.5) is 0 Å². The number of carbonyl (C=O) groups excluding carboxylic acids is 2. The van der Waals surface area contributed by atoms with Gasteiger partial charge in [0.25, 0.3) is 0 Å². The summed E-state index contributed by atoms with van der Waals surface area (Å²) in [6.45, 7) is 3.29. The molecule has 1 rings (SSSR count). The third kappa shape index (κ3) is 3.82. The summed E-state index contributed by atoms with van der Waals surface area (Å²) in [5.74, 6) is -0.0765. The molecule has 1 aromatic carbocycles. The number of nitriles is 1. The van der Waals surface area contributed by atoms with Gasteiger partial charge in [-0.1, -0.05) is 12.1 Å². The zero-order valence-corrected chi connectivity index (χ0v) is 12.5. The number of esters is 1.